The molecule has 0 unspecified atom stereocenters. The molecule has 2 aromatic rings. The molecule has 2 N–H and O–H groups in total. The molecule has 0 aliphatic rings. The van der Waals surface area contributed by atoms with Gasteiger partial charge in [0.2, 0.25) is 0 Å². The van der Waals surface area contributed by atoms with E-state index in [1.807, 2.05) is 18.2 Å². The largest absolute Gasteiger partial charge is 0.456 e. The first-order valence-electron chi connectivity index (χ1n) is 4.99. The maximum atomic E-state index is 11.2. The maximum Gasteiger partial charge on any atom is 0.252 e. The van der Waals surface area contributed by atoms with E-state index >= 15 is 0 Å². The van der Waals surface area contributed by atoms with Gasteiger partial charge in [0, 0.05) is 11.1 Å². The number of rotatable bonds is 3. The summed E-state index contributed by atoms with van der Waals surface area (Å²) in [7, 11) is 0. The average molecular weight is 248 g/mol. The van der Waals surface area contributed by atoms with Crippen molar-refractivity contribution in [3.8, 4) is 11.5 Å². The van der Waals surface area contributed by atoms with Crippen LogP contribution in [0.1, 0.15) is 10.4 Å². The van der Waals surface area contributed by atoms with Crippen molar-refractivity contribution >= 4 is 17.5 Å². The molecule has 0 aliphatic heterocycles. The van der Waals surface area contributed by atoms with Crippen LogP contribution in [-0.2, 0) is 0 Å². The third kappa shape index (κ3) is 2.77. The number of ether oxygens (including phenoxy) is 1. The van der Waals surface area contributed by atoms with Crippen LogP contribution in [0, 0.1) is 0 Å². The summed E-state index contributed by atoms with van der Waals surface area (Å²) in [6, 6.07) is 13.8. The van der Waals surface area contributed by atoms with Crippen LogP contribution in [-0.4, -0.2) is 5.91 Å². The van der Waals surface area contributed by atoms with E-state index in [0.717, 1.165) is 0 Å². The maximum absolute atomic E-state index is 11.2. The number of halogens is 1. The minimum atomic E-state index is -0.549. The Morgan fingerprint density at radius 1 is 1.12 bits per heavy atom. The van der Waals surface area contributed by atoms with E-state index in [4.69, 9.17) is 22.1 Å². The Balaban J connectivity index is 2.37. The normalized spacial score (nSPS) is 9.94. The zero-order valence-electron chi connectivity index (χ0n) is 8.89. The lowest BCUT2D eigenvalue weighted by Crippen LogP contribution is -2.12. The standard InChI is InChI=1S/C13H10ClNO2/c14-9-6-7-11(13(15)16)12(8-9)17-10-4-2-1-3-5-10/h1-8H,(H2,15,16). The van der Waals surface area contributed by atoms with Gasteiger partial charge in [-0.2, -0.15) is 0 Å². The highest BCUT2D eigenvalue weighted by Crippen LogP contribution is 2.27. The molecule has 0 aromatic heterocycles. The lowest BCUT2D eigenvalue weighted by Gasteiger charge is -2.09. The molecule has 0 bridgehead atoms. The van der Waals surface area contributed by atoms with Gasteiger partial charge in [0.25, 0.3) is 5.91 Å². The summed E-state index contributed by atoms with van der Waals surface area (Å²) >= 11 is 5.86. The van der Waals surface area contributed by atoms with Crippen molar-refractivity contribution in [2.45, 2.75) is 0 Å². The van der Waals surface area contributed by atoms with E-state index < -0.39 is 5.91 Å². The van der Waals surface area contributed by atoms with Crippen LogP contribution in [0.15, 0.2) is 48.5 Å². The minimum absolute atomic E-state index is 0.304. The molecule has 0 heterocycles. The summed E-state index contributed by atoms with van der Waals surface area (Å²) in [5.41, 5.74) is 5.56. The van der Waals surface area contributed by atoms with Crippen LogP contribution in [0.4, 0.5) is 0 Å². The quantitative estimate of drug-likeness (QED) is 0.905. The van der Waals surface area contributed by atoms with Crippen molar-refractivity contribution in [1.29, 1.82) is 0 Å². The van der Waals surface area contributed by atoms with Gasteiger partial charge < -0.3 is 10.5 Å². The molecule has 0 spiro atoms. The molecule has 0 radical (unpaired) electrons. The smallest absolute Gasteiger partial charge is 0.252 e. The predicted octanol–water partition coefficient (Wildman–Crippen LogP) is 3.23. The average Bonchev–Trinajstić information content (AvgIpc) is 2.30. The highest BCUT2D eigenvalue weighted by Gasteiger charge is 2.10. The fourth-order valence-corrected chi connectivity index (χ4v) is 1.56. The third-order valence-electron chi connectivity index (χ3n) is 2.18. The number of hydrogen-bond acceptors (Lipinski definition) is 2. The fraction of sp³-hybridized carbons (Fsp3) is 0. The Labute approximate surface area is 104 Å². The number of amides is 1. The summed E-state index contributed by atoms with van der Waals surface area (Å²) in [4.78, 5) is 11.2. The topological polar surface area (TPSA) is 52.3 Å². The van der Waals surface area contributed by atoms with Crippen molar-refractivity contribution in [3.05, 3.63) is 59.1 Å². The number of benzene rings is 2. The minimum Gasteiger partial charge on any atom is -0.456 e. The number of primary amides is 1. The number of para-hydroxylation sites is 1. The molecule has 2 rings (SSSR count). The molecular formula is C13H10ClNO2. The van der Waals surface area contributed by atoms with Gasteiger partial charge >= 0.3 is 0 Å². The summed E-state index contributed by atoms with van der Waals surface area (Å²) in [5, 5.41) is 0.487. The Bertz CT molecular complexity index is 540. The first-order valence-corrected chi connectivity index (χ1v) is 5.37. The van der Waals surface area contributed by atoms with Gasteiger partial charge in [0.05, 0.1) is 5.56 Å². The molecule has 0 atom stereocenters. The highest BCUT2D eigenvalue weighted by molar-refractivity contribution is 6.30. The van der Waals surface area contributed by atoms with Crippen LogP contribution in [0.2, 0.25) is 5.02 Å². The Kier molecular flexibility index (Phi) is 3.30. The van der Waals surface area contributed by atoms with Gasteiger partial charge in [-0.1, -0.05) is 29.8 Å². The SMILES string of the molecule is NC(=O)c1ccc(Cl)cc1Oc1ccccc1. The monoisotopic (exact) mass is 247 g/mol. The van der Waals surface area contributed by atoms with E-state index in [9.17, 15) is 4.79 Å². The summed E-state index contributed by atoms with van der Waals surface area (Å²) in [6.45, 7) is 0. The Morgan fingerprint density at radius 3 is 2.47 bits per heavy atom. The second-order valence-corrected chi connectivity index (χ2v) is 3.86. The van der Waals surface area contributed by atoms with E-state index in [0.29, 0.717) is 22.1 Å². The number of nitrogens with two attached hydrogens (primary N) is 1. The molecule has 17 heavy (non-hydrogen) atoms. The Hall–Kier alpha value is -2.00. The number of carbonyl (C=O) groups is 1. The second kappa shape index (κ2) is 4.89. The first-order chi connectivity index (χ1) is 8.16. The highest BCUT2D eigenvalue weighted by atomic mass is 35.5. The number of hydrogen-bond donors (Lipinski definition) is 1. The van der Waals surface area contributed by atoms with Crippen LogP contribution < -0.4 is 10.5 Å². The molecule has 86 valence electrons. The zero-order chi connectivity index (χ0) is 12.3. The molecule has 2 aromatic carbocycles. The predicted molar refractivity (Wildman–Crippen MR) is 66.5 cm³/mol. The summed E-state index contributed by atoms with van der Waals surface area (Å²) in [6.07, 6.45) is 0. The Morgan fingerprint density at radius 2 is 1.82 bits per heavy atom. The van der Waals surface area contributed by atoms with Crippen LogP contribution in [0.5, 0.6) is 11.5 Å². The first kappa shape index (κ1) is 11.5. The summed E-state index contributed by atoms with van der Waals surface area (Å²) < 4.78 is 5.57. The van der Waals surface area contributed by atoms with Crippen LogP contribution in [0.25, 0.3) is 0 Å². The van der Waals surface area contributed by atoms with E-state index in [-0.39, 0.29) is 0 Å². The lowest BCUT2D eigenvalue weighted by atomic mass is 10.2. The molecule has 4 heteroatoms. The van der Waals surface area contributed by atoms with Gasteiger partial charge in [-0.15, -0.1) is 0 Å². The van der Waals surface area contributed by atoms with Crippen molar-refractivity contribution in [3.63, 3.8) is 0 Å². The van der Waals surface area contributed by atoms with Gasteiger partial charge in [-0.3, -0.25) is 4.79 Å². The molecule has 0 fully saturated rings. The fourth-order valence-electron chi connectivity index (χ4n) is 1.40. The third-order valence-corrected chi connectivity index (χ3v) is 2.42. The summed E-state index contributed by atoms with van der Waals surface area (Å²) in [5.74, 6) is 0.432. The van der Waals surface area contributed by atoms with E-state index in [2.05, 4.69) is 0 Å². The van der Waals surface area contributed by atoms with Gasteiger partial charge in [0.1, 0.15) is 11.5 Å². The molecule has 0 saturated carbocycles. The van der Waals surface area contributed by atoms with Crippen molar-refractivity contribution in [2.24, 2.45) is 5.73 Å². The van der Waals surface area contributed by atoms with Crippen molar-refractivity contribution in [1.82, 2.24) is 0 Å². The molecular weight excluding hydrogens is 238 g/mol. The molecule has 3 nitrogen and oxygen atoms in total. The van der Waals surface area contributed by atoms with Gasteiger partial charge in [0.15, 0.2) is 0 Å². The van der Waals surface area contributed by atoms with E-state index in [1.165, 1.54) is 0 Å². The van der Waals surface area contributed by atoms with Crippen LogP contribution in [0.3, 0.4) is 0 Å². The zero-order valence-corrected chi connectivity index (χ0v) is 9.65. The lowest BCUT2D eigenvalue weighted by molar-refractivity contribution is 0.0998. The molecule has 0 saturated heterocycles. The van der Waals surface area contributed by atoms with Crippen molar-refractivity contribution in [2.75, 3.05) is 0 Å². The van der Waals surface area contributed by atoms with Crippen LogP contribution >= 0.6 is 11.6 Å². The van der Waals surface area contributed by atoms with Crippen molar-refractivity contribution < 1.29 is 9.53 Å². The molecule has 0 aliphatic carbocycles. The second-order valence-electron chi connectivity index (χ2n) is 3.42. The number of carbonyl (C=O) groups excluding carboxylic acids is 1. The van der Waals surface area contributed by atoms with Gasteiger partial charge in [-0.25, -0.2) is 0 Å². The van der Waals surface area contributed by atoms with Gasteiger partial charge in [-0.05, 0) is 24.3 Å². The van der Waals surface area contributed by atoms with E-state index in [1.54, 1.807) is 30.3 Å². The molecule has 1 amide bonds.